The van der Waals surface area contributed by atoms with Crippen LogP contribution < -0.4 is 10.0 Å². The first-order chi connectivity index (χ1) is 13.8. The maximum atomic E-state index is 12.8. The molecule has 1 fully saturated rings. The minimum Gasteiger partial charge on any atom is -0.355 e. The number of fused-ring (bicyclic) bond motifs is 1. The minimum absolute atomic E-state index is 0.00132. The highest BCUT2D eigenvalue weighted by Gasteiger charge is 2.32. The van der Waals surface area contributed by atoms with Gasteiger partial charge in [-0.15, -0.1) is 0 Å². The third-order valence-corrected chi connectivity index (χ3v) is 6.36. The Morgan fingerprint density at radius 2 is 1.90 bits per heavy atom. The van der Waals surface area contributed by atoms with Gasteiger partial charge in [-0.25, -0.2) is 8.42 Å². The van der Waals surface area contributed by atoms with Crippen molar-refractivity contribution >= 4 is 27.7 Å². The van der Waals surface area contributed by atoms with Gasteiger partial charge < -0.3 is 10.2 Å². The topological polar surface area (TPSA) is 111 Å². The molecule has 0 aromatic heterocycles. The van der Waals surface area contributed by atoms with Gasteiger partial charge in [-0.3, -0.25) is 24.2 Å². The second kappa shape index (κ2) is 8.91. The molecule has 1 unspecified atom stereocenters. The molecule has 9 nitrogen and oxygen atoms in total. The zero-order chi connectivity index (χ0) is 21.0. The molecule has 0 saturated carbocycles. The van der Waals surface area contributed by atoms with E-state index in [1.54, 1.807) is 30.0 Å². The quantitative estimate of drug-likeness (QED) is 0.660. The van der Waals surface area contributed by atoms with Crippen molar-refractivity contribution in [3.8, 4) is 0 Å². The molecule has 0 radical (unpaired) electrons. The molecule has 0 aliphatic carbocycles. The number of nitrogens with zero attached hydrogens (tertiary/aromatic N) is 3. The average Bonchev–Trinajstić information content (AvgIpc) is 2.96. The fourth-order valence-electron chi connectivity index (χ4n) is 3.39. The fraction of sp³-hybridized carbons (Fsp3) is 0.526. The van der Waals surface area contributed by atoms with Crippen molar-refractivity contribution in [1.29, 1.82) is 0 Å². The van der Waals surface area contributed by atoms with Gasteiger partial charge in [0.05, 0.1) is 11.4 Å². The Labute approximate surface area is 171 Å². The molecule has 0 bridgehead atoms. The van der Waals surface area contributed by atoms with Crippen LogP contribution in [0.4, 0.5) is 0 Å². The van der Waals surface area contributed by atoms with E-state index in [4.69, 9.17) is 0 Å². The van der Waals surface area contributed by atoms with Gasteiger partial charge in [0.25, 0.3) is 10.0 Å². The summed E-state index contributed by atoms with van der Waals surface area (Å²) in [6.07, 6.45) is 0.898. The Bertz CT molecular complexity index is 907. The highest BCUT2D eigenvalue weighted by atomic mass is 32.2. The lowest BCUT2D eigenvalue weighted by Crippen LogP contribution is -2.52. The van der Waals surface area contributed by atoms with Crippen molar-refractivity contribution in [3.63, 3.8) is 0 Å². The smallest absolute Gasteiger partial charge is 0.263 e. The van der Waals surface area contributed by atoms with Crippen LogP contribution in [0.15, 0.2) is 34.2 Å². The largest absolute Gasteiger partial charge is 0.355 e. The first-order valence-corrected chi connectivity index (χ1v) is 11.3. The molecule has 0 spiro atoms. The van der Waals surface area contributed by atoms with E-state index in [1.807, 2.05) is 11.8 Å². The van der Waals surface area contributed by atoms with Crippen molar-refractivity contribution in [1.82, 2.24) is 19.8 Å². The van der Waals surface area contributed by atoms with Crippen molar-refractivity contribution in [2.75, 3.05) is 39.3 Å². The minimum atomic E-state index is -3.63. The number of piperazine rings is 1. The first kappa shape index (κ1) is 21.3. The van der Waals surface area contributed by atoms with E-state index < -0.39 is 16.1 Å². The third-order valence-electron chi connectivity index (χ3n) is 4.97. The molecule has 2 aliphatic rings. The number of hydrogen-bond donors (Lipinski definition) is 2. The lowest BCUT2D eigenvalue weighted by Gasteiger charge is -2.35. The van der Waals surface area contributed by atoms with Crippen molar-refractivity contribution < 1.29 is 18.0 Å². The van der Waals surface area contributed by atoms with Gasteiger partial charge in [0.2, 0.25) is 11.8 Å². The molecule has 29 heavy (non-hydrogen) atoms. The zero-order valence-electron chi connectivity index (χ0n) is 16.7. The maximum absolute atomic E-state index is 12.8. The second-order valence-corrected chi connectivity index (χ2v) is 8.86. The Balaban J connectivity index is 1.58. The van der Waals surface area contributed by atoms with Gasteiger partial charge in [0, 0.05) is 38.3 Å². The van der Waals surface area contributed by atoms with E-state index >= 15 is 0 Å². The van der Waals surface area contributed by atoms with Crippen LogP contribution in [0.25, 0.3) is 0 Å². The Kier molecular flexibility index (Phi) is 6.53. The standard InChI is InChI=1S/C19H27N5O4S/c1-3-8-20-17(25)13-23-9-11-24(12-10-23)19(26)14(2)21-18-15-6-4-5-7-16(15)29(27,28)22-18/h4-7,14H,3,8-13H2,1-2H3,(H,20,25)(H,21,22). The van der Waals surface area contributed by atoms with Crippen LogP contribution in [-0.4, -0.2) is 81.2 Å². The van der Waals surface area contributed by atoms with E-state index in [0.29, 0.717) is 44.8 Å². The summed E-state index contributed by atoms with van der Waals surface area (Å²) >= 11 is 0. The Morgan fingerprint density at radius 1 is 1.21 bits per heavy atom. The molecule has 2 N–H and O–H groups in total. The number of nitrogens with one attached hydrogen (secondary N) is 2. The molecule has 10 heteroatoms. The molecule has 2 amide bonds. The number of aliphatic imine (C=N–C) groups is 1. The number of rotatable bonds is 6. The maximum Gasteiger partial charge on any atom is 0.263 e. The summed E-state index contributed by atoms with van der Waals surface area (Å²) in [4.78, 5) is 32.9. The SMILES string of the molecule is CCCNC(=O)CN1CCN(C(=O)C(C)N=C2NS(=O)(=O)c3ccccc32)CC1. The normalized spacial score (nSPS) is 20.8. The first-order valence-electron chi connectivity index (χ1n) is 9.79. The lowest BCUT2D eigenvalue weighted by molar-refractivity contribution is -0.134. The van der Waals surface area contributed by atoms with Gasteiger partial charge in [-0.2, -0.15) is 0 Å². The zero-order valence-corrected chi connectivity index (χ0v) is 17.5. The monoisotopic (exact) mass is 421 g/mol. The van der Waals surface area contributed by atoms with Crippen LogP contribution in [0.5, 0.6) is 0 Å². The molecular formula is C19H27N5O4S. The second-order valence-electron chi connectivity index (χ2n) is 7.21. The van der Waals surface area contributed by atoms with E-state index in [-0.39, 0.29) is 22.5 Å². The van der Waals surface area contributed by atoms with Crippen LogP contribution >= 0.6 is 0 Å². The number of amidine groups is 1. The fourth-order valence-corrected chi connectivity index (χ4v) is 4.63. The molecule has 1 aromatic carbocycles. The number of carbonyl (C=O) groups is 2. The number of sulfonamides is 1. The van der Waals surface area contributed by atoms with E-state index in [0.717, 1.165) is 6.42 Å². The van der Waals surface area contributed by atoms with Gasteiger partial charge in [-0.1, -0.05) is 19.1 Å². The van der Waals surface area contributed by atoms with Crippen molar-refractivity contribution in [2.45, 2.75) is 31.2 Å². The van der Waals surface area contributed by atoms with Crippen LogP contribution in [0.1, 0.15) is 25.8 Å². The van der Waals surface area contributed by atoms with Crippen LogP contribution in [0, 0.1) is 0 Å². The van der Waals surface area contributed by atoms with E-state index in [1.165, 1.54) is 6.07 Å². The molecule has 1 atom stereocenters. The third kappa shape index (κ3) is 4.94. The van der Waals surface area contributed by atoms with Gasteiger partial charge >= 0.3 is 0 Å². The summed E-state index contributed by atoms with van der Waals surface area (Å²) in [5.41, 5.74) is 0.482. The summed E-state index contributed by atoms with van der Waals surface area (Å²) in [6, 6.07) is 5.86. The van der Waals surface area contributed by atoms with Crippen LogP contribution in [0.2, 0.25) is 0 Å². The van der Waals surface area contributed by atoms with E-state index in [2.05, 4.69) is 15.0 Å². The molecule has 2 aliphatic heterocycles. The number of hydrogen-bond acceptors (Lipinski definition) is 6. The van der Waals surface area contributed by atoms with Gasteiger partial charge in [0.15, 0.2) is 0 Å². The summed E-state index contributed by atoms with van der Waals surface area (Å²) in [6.45, 7) is 6.92. The summed E-state index contributed by atoms with van der Waals surface area (Å²) < 4.78 is 26.8. The van der Waals surface area contributed by atoms with Crippen molar-refractivity contribution in [2.24, 2.45) is 4.99 Å². The summed E-state index contributed by atoms with van der Waals surface area (Å²) in [5, 5.41) is 2.85. The molecule has 3 rings (SSSR count). The van der Waals surface area contributed by atoms with Gasteiger partial charge in [-0.05, 0) is 25.5 Å². The molecule has 2 heterocycles. The molecular weight excluding hydrogens is 394 g/mol. The highest BCUT2D eigenvalue weighted by molar-refractivity contribution is 7.90. The van der Waals surface area contributed by atoms with Crippen LogP contribution in [-0.2, 0) is 19.6 Å². The number of carbonyl (C=O) groups excluding carboxylic acids is 2. The average molecular weight is 422 g/mol. The Hall–Kier alpha value is -2.46. The lowest BCUT2D eigenvalue weighted by atomic mass is 10.2. The van der Waals surface area contributed by atoms with Crippen molar-refractivity contribution in [3.05, 3.63) is 29.8 Å². The van der Waals surface area contributed by atoms with Gasteiger partial charge in [0.1, 0.15) is 11.9 Å². The number of benzene rings is 1. The molecule has 1 aromatic rings. The molecule has 158 valence electrons. The Morgan fingerprint density at radius 3 is 2.59 bits per heavy atom. The van der Waals surface area contributed by atoms with E-state index in [9.17, 15) is 18.0 Å². The summed E-state index contributed by atoms with van der Waals surface area (Å²) in [5.74, 6) is 0.0439. The predicted molar refractivity (Wildman–Crippen MR) is 109 cm³/mol. The summed E-state index contributed by atoms with van der Waals surface area (Å²) in [7, 11) is -3.63. The molecule has 1 saturated heterocycles. The van der Waals surface area contributed by atoms with Crippen LogP contribution in [0.3, 0.4) is 0 Å². The highest BCUT2D eigenvalue weighted by Crippen LogP contribution is 2.22. The predicted octanol–water partition coefficient (Wildman–Crippen LogP) is -0.216. The number of amides is 2.